The van der Waals surface area contributed by atoms with Gasteiger partial charge in [0.1, 0.15) is 0 Å². The van der Waals surface area contributed by atoms with Crippen molar-refractivity contribution in [1.82, 2.24) is 0 Å². The normalized spacial score (nSPS) is 8.20. The first-order valence-electron chi connectivity index (χ1n) is 2.00. The minimum absolute atomic E-state index is 0. The molecule has 0 radical (unpaired) electrons. The van der Waals surface area contributed by atoms with Gasteiger partial charge in [0.05, 0.1) is 10.1 Å². The molecule has 0 aliphatic carbocycles. The van der Waals surface area contributed by atoms with Crippen molar-refractivity contribution in [3.8, 4) is 0 Å². The van der Waals surface area contributed by atoms with Crippen LogP contribution in [0.25, 0.3) is 0 Å². The maximum atomic E-state index is 9.68. The Morgan fingerprint density at radius 3 is 1.60 bits per heavy atom. The van der Waals surface area contributed by atoms with Gasteiger partial charge in [-0.25, -0.2) is 8.42 Å². The molecule has 0 aromatic carbocycles. The van der Waals surface area contributed by atoms with Gasteiger partial charge in [-0.15, -0.1) is 0 Å². The molecule has 0 amide bonds. The van der Waals surface area contributed by atoms with E-state index in [1.54, 1.807) is 6.92 Å². The molecule has 0 heterocycles. The fraction of sp³-hybridized carbons (Fsp3) is 1.00. The van der Waals surface area contributed by atoms with E-state index in [0.717, 1.165) is 0 Å². The number of hydrogen-bond acceptors (Lipinski definition) is 3. The van der Waals surface area contributed by atoms with Crippen molar-refractivity contribution in [1.29, 1.82) is 0 Å². The van der Waals surface area contributed by atoms with Gasteiger partial charge in [0.2, 0.25) is 0 Å². The zero-order valence-corrected chi connectivity index (χ0v) is 7.86. The molecule has 0 rings (SSSR count). The van der Waals surface area contributed by atoms with Crippen LogP contribution in [0.5, 0.6) is 0 Å². The van der Waals surface area contributed by atoms with Crippen LogP contribution in [-0.2, 0) is 10.1 Å². The van der Waals surface area contributed by atoms with Crippen molar-refractivity contribution in [3.05, 3.63) is 0 Å². The van der Waals surface area contributed by atoms with Crippen molar-refractivity contribution >= 4 is 10.1 Å². The summed E-state index contributed by atoms with van der Waals surface area (Å²) < 4.78 is 29.0. The zero-order chi connectivity index (χ0) is 5.91. The molecular weight excluding hydrogens is 163 g/mol. The minimum Gasteiger partial charge on any atom is -0.748 e. The average molecular weight is 178 g/mol. The molecule has 0 unspecified atom stereocenters. The third-order valence-electron chi connectivity index (χ3n) is 0.454. The summed E-state index contributed by atoms with van der Waals surface area (Å²) in [6, 6.07) is 0. The van der Waals surface area contributed by atoms with Crippen molar-refractivity contribution in [2.45, 2.75) is 28.2 Å². The van der Waals surface area contributed by atoms with Gasteiger partial charge in [-0.3, -0.25) is 0 Å². The molecule has 0 aliphatic heterocycles. The Hall–Kier alpha value is 0.910. The fourth-order valence-corrected chi connectivity index (χ4v) is 0.750. The second-order valence-electron chi connectivity index (χ2n) is 1.26. The second-order valence-corrected chi connectivity index (χ2v) is 2.79. The van der Waals surface area contributed by atoms with Crippen LogP contribution in [0.15, 0.2) is 0 Å². The van der Waals surface area contributed by atoms with Crippen LogP contribution in [0.4, 0.5) is 0 Å². The Balaban J connectivity index is -0.0000000600. The summed E-state index contributed by atoms with van der Waals surface area (Å²) in [4.78, 5) is 0. The van der Waals surface area contributed by atoms with Crippen LogP contribution >= 0.6 is 0 Å². The molecule has 3 nitrogen and oxygen atoms in total. The van der Waals surface area contributed by atoms with E-state index in [0.29, 0.717) is 6.42 Å². The van der Waals surface area contributed by atoms with Gasteiger partial charge in [-0.1, -0.05) is 21.8 Å². The molecule has 0 saturated heterocycles. The summed E-state index contributed by atoms with van der Waals surface area (Å²) >= 11 is 0. The largest absolute Gasteiger partial charge is 1.00 e. The first-order valence-corrected chi connectivity index (χ1v) is 3.57. The molecule has 0 bridgehead atoms. The summed E-state index contributed by atoms with van der Waals surface area (Å²) in [5.41, 5.74) is 0. The van der Waals surface area contributed by atoms with E-state index in [1.807, 2.05) is 0 Å². The Bertz CT molecular complexity index is 130. The predicted molar refractivity (Wildman–Crippen MR) is 38.3 cm³/mol. The van der Waals surface area contributed by atoms with Crippen LogP contribution in [-0.4, -0.2) is 18.7 Å². The SMILES string of the molecule is C.C.CCCS(=O)(=O)[O-].[Na+]. The summed E-state index contributed by atoms with van der Waals surface area (Å²) in [6.07, 6.45) is 0.409. The van der Waals surface area contributed by atoms with Crippen LogP contribution in [0.1, 0.15) is 28.2 Å². The summed E-state index contributed by atoms with van der Waals surface area (Å²) in [7, 11) is -3.92. The second kappa shape index (κ2) is 9.91. The van der Waals surface area contributed by atoms with Crippen LogP contribution in [0, 0.1) is 0 Å². The van der Waals surface area contributed by atoms with E-state index in [2.05, 4.69) is 0 Å². The molecule has 0 aromatic rings. The maximum absolute atomic E-state index is 9.68. The van der Waals surface area contributed by atoms with Crippen LogP contribution in [0.2, 0.25) is 0 Å². The topological polar surface area (TPSA) is 57.2 Å². The minimum atomic E-state index is -3.92. The van der Waals surface area contributed by atoms with Gasteiger partial charge in [0.15, 0.2) is 0 Å². The van der Waals surface area contributed by atoms with Crippen LogP contribution < -0.4 is 29.6 Å². The Kier molecular flexibility index (Phi) is 22.2. The molecule has 0 aromatic heterocycles. The van der Waals surface area contributed by atoms with E-state index >= 15 is 0 Å². The first kappa shape index (κ1) is 22.4. The summed E-state index contributed by atoms with van der Waals surface area (Å²) in [5.74, 6) is -0.243. The van der Waals surface area contributed by atoms with E-state index in [9.17, 15) is 13.0 Å². The summed E-state index contributed by atoms with van der Waals surface area (Å²) in [5, 5.41) is 0. The van der Waals surface area contributed by atoms with Gasteiger partial charge < -0.3 is 4.55 Å². The van der Waals surface area contributed by atoms with E-state index in [1.165, 1.54) is 0 Å². The third kappa shape index (κ3) is 23.1. The van der Waals surface area contributed by atoms with Gasteiger partial charge >= 0.3 is 29.6 Å². The van der Waals surface area contributed by atoms with E-state index < -0.39 is 10.1 Å². The quantitative estimate of drug-likeness (QED) is 0.371. The van der Waals surface area contributed by atoms with Crippen molar-refractivity contribution in [2.24, 2.45) is 0 Å². The molecule has 0 fully saturated rings. The van der Waals surface area contributed by atoms with Crippen molar-refractivity contribution in [2.75, 3.05) is 5.75 Å². The molecule has 0 atom stereocenters. The van der Waals surface area contributed by atoms with Gasteiger partial charge in [0, 0.05) is 5.75 Å². The first-order chi connectivity index (χ1) is 3.06. The van der Waals surface area contributed by atoms with Crippen LogP contribution in [0.3, 0.4) is 0 Å². The number of hydrogen-bond donors (Lipinski definition) is 0. The fourth-order valence-electron chi connectivity index (χ4n) is 0.250. The molecular formula is C5H15NaO3S. The Morgan fingerprint density at radius 2 is 1.60 bits per heavy atom. The number of rotatable bonds is 2. The summed E-state index contributed by atoms with van der Waals surface area (Å²) in [6.45, 7) is 1.65. The molecule has 0 aliphatic rings. The molecule has 10 heavy (non-hydrogen) atoms. The third-order valence-corrected chi connectivity index (χ3v) is 1.36. The smallest absolute Gasteiger partial charge is 0.748 e. The zero-order valence-electron chi connectivity index (χ0n) is 5.05. The van der Waals surface area contributed by atoms with Gasteiger partial charge in [0.25, 0.3) is 0 Å². The molecule has 0 saturated carbocycles. The molecule has 60 valence electrons. The molecule has 0 N–H and O–H groups in total. The monoisotopic (exact) mass is 178 g/mol. The van der Waals surface area contributed by atoms with E-state index in [4.69, 9.17) is 0 Å². The van der Waals surface area contributed by atoms with Gasteiger partial charge in [-0.05, 0) is 6.42 Å². The van der Waals surface area contributed by atoms with Crippen molar-refractivity contribution in [3.63, 3.8) is 0 Å². The maximum Gasteiger partial charge on any atom is 1.00 e. The Morgan fingerprint density at radius 1 is 1.30 bits per heavy atom. The predicted octanol–water partition coefficient (Wildman–Crippen LogP) is -1.78. The molecule has 0 spiro atoms. The van der Waals surface area contributed by atoms with Crippen molar-refractivity contribution < 1.29 is 42.5 Å². The van der Waals surface area contributed by atoms with E-state index in [-0.39, 0.29) is 50.2 Å². The molecule has 5 heteroatoms. The van der Waals surface area contributed by atoms with Gasteiger partial charge in [-0.2, -0.15) is 0 Å². The Labute approximate surface area is 86.3 Å². The average Bonchev–Trinajstić information content (AvgIpc) is 1.30. The standard InChI is InChI=1S/C3H8O3S.2CH4.Na/c1-2-3-7(4,5)6;;;/h2-3H2,1H3,(H,4,5,6);2*1H4;/q;;;+1/p-1.